The average Bonchev–Trinajstić information content (AvgIpc) is 2.63. The highest BCUT2D eigenvalue weighted by atomic mass is 16.5. The highest BCUT2D eigenvalue weighted by Crippen LogP contribution is 2.57. The molecule has 0 aromatic carbocycles. The fraction of sp³-hybridized carbons (Fsp3) is 0.900. The smallest absolute Gasteiger partial charge is 0.306 e. The molecule has 0 spiro atoms. The molecule has 13 heavy (non-hydrogen) atoms. The second-order valence-corrected chi connectivity index (χ2v) is 4.67. The summed E-state index contributed by atoms with van der Waals surface area (Å²) in [7, 11) is 0. The zero-order valence-electron chi connectivity index (χ0n) is 8.12. The summed E-state index contributed by atoms with van der Waals surface area (Å²) in [4.78, 5) is 10.7. The van der Waals surface area contributed by atoms with Crippen LogP contribution in [0.1, 0.15) is 20.3 Å². The maximum atomic E-state index is 10.7. The van der Waals surface area contributed by atoms with Gasteiger partial charge in [-0.2, -0.15) is 0 Å². The van der Waals surface area contributed by atoms with Gasteiger partial charge in [0.2, 0.25) is 0 Å². The zero-order chi connectivity index (χ0) is 9.64. The van der Waals surface area contributed by atoms with Gasteiger partial charge in [-0.15, -0.1) is 0 Å². The van der Waals surface area contributed by atoms with Gasteiger partial charge in [-0.25, -0.2) is 0 Å². The van der Waals surface area contributed by atoms with E-state index in [-0.39, 0.29) is 11.3 Å². The fourth-order valence-electron chi connectivity index (χ4n) is 2.42. The number of hydrogen-bond acceptors (Lipinski definition) is 2. The highest BCUT2D eigenvalue weighted by Gasteiger charge is 2.60. The van der Waals surface area contributed by atoms with Gasteiger partial charge in [-0.05, 0) is 18.3 Å². The molecule has 1 N–H and O–H groups in total. The number of carboxylic acid groups (broad SMARTS) is 1. The van der Waals surface area contributed by atoms with Crippen LogP contribution >= 0.6 is 0 Å². The standard InChI is InChI=1S/C10H16O3/c1-6(2)10(4-13-5-10)8-3-7(8)9(11)12/h6-8H,3-5H2,1-2H3,(H,11,12). The Balaban J connectivity index is 2.04. The molecule has 1 saturated heterocycles. The van der Waals surface area contributed by atoms with E-state index < -0.39 is 5.97 Å². The maximum absolute atomic E-state index is 10.7. The van der Waals surface area contributed by atoms with Crippen LogP contribution in [-0.4, -0.2) is 24.3 Å². The van der Waals surface area contributed by atoms with E-state index in [9.17, 15) is 4.79 Å². The Morgan fingerprint density at radius 1 is 1.54 bits per heavy atom. The molecule has 0 aromatic heterocycles. The quantitative estimate of drug-likeness (QED) is 0.720. The molecule has 1 saturated carbocycles. The van der Waals surface area contributed by atoms with Crippen LogP contribution in [0.4, 0.5) is 0 Å². The first-order valence-corrected chi connectivity index (χ1v) is 4.88. The van der Waals surface area contributed by atoms with Crippen LogP contribution < -0.4 is 0 Å². The van der Waals surface area contributed by atoms with Gasteiger partial charge in [0, 0.05) is 5.41 Å². The second-order valence-electron chi connectivity index (χ2n) is 4.67. The van der Waals surface area contributed by atoms with E-state index in [1.807, 2.05) is 0 Å². The SMILES string of the molecule is CC(C)C1(C2CC2C(=O)O)COC1. The van der Waals surface area contributed by atoms with Crippen molar-refractivity contribution in [3.63, 3.8) is 0 Å². The normalized spacial score (nSPS) is 35.6. The monoisotopic (exact) mass is 184 g/mol. The van der Waals surface area contributed by atoms with Crippen molar-refractivity contribution in [2.24, 2.45) is 23.2 Å². The first kappa shape index (κ1) is 9.00. The first-order valence-electron chi connectivity index (χ1n) is 4.88. The van der Waals surface area contributed by atoms with E-state index in [1.54, 1.807) is 0 Å². The van der Waals surface area contributed by atoms with Gasteiger partial charge >= 0.3 is 5.97 Å². The van der Waals surface area contributed by atoms with Crippen molar-refractivity contribution in [3.8, 4) is 0 Å². The number of ether oxygens (including phenoxy) is 1. The minimum Gasteiger partial charge on any atom is -0.481 e. The lowest BCUT2D eigenvalue weighted by Gasteiger charge is -2.45. The summed E-state index contributed by atoms with van der Waals surface area (Å²) in [5, 5.41) is 8.85. The van der Waals surface area contributed by atoms with Gasteiger partial charge in [-0.1, -0.05) is 13.8 Å². The summed E-state index contributed by atoms with van der Waals surface area (Å²) in [5.74, 6) is 0.192. The van der Waals surface area contributed by atoms with E-state index in [0.717, 1.165) is 19.6 Å². The van der Waals surface area contributed by atoms with Crippen molar-refractivity contribution in [1.29, 1.82) is 0 Å². The largest absolute Gasteiger partial charge is 0.481 e. The van der Waals surface area contributed by atoms with Gasteiger partial charge in [0.05, 0.1) is 19.1 Å². The predicted molar refractivity (Wildman–Crippen MR) is 47.3 cm³/mol. The van der Waals surface area contributed by atoms with Crippen molar-refractivity contribution < 1.29 is 14.6 Å². The summed E-state index contributed by atoms with van der Waals surface area (Å²) in [5.41, 5.74) is 0.184. The fourth-order valence-corrected chi connectivity index (χ4v) is 2.42. The first-order chi connectivity index (χ1) is 6.08. The molecule has 0 amide bonds. The van der Waals surface area contributed by atoms with E-state index in [2.05, 4.69) is 13.8 Å². The van der Waals surface area contributed by atoms with Gasteiger partial charge in [-0.3, -0.25) is 4.79 Å². The molecule has 1 heterocycles. The van der Waals surface area contributed by atoms with Crippen LogP contribution in [0.15, 0.2) is 0 Å². The minimum atomic E-state index is -0.628. The molecule has 0 bridgehead atoms. The van der Waals surface area contributed by atoms with E-state index in [0.29, 0.717) is 11.8 Å². The molecule has 2 fully saturated rings. The van der Waals surface area contributed by atoms with Crippen LogP contribution in [0, 0.1) is 23.2 Å². The van der Waals surface area contributed by atoms with Crippen LogP contribution in [0.2, 0.25) is 0 Å². The van der Waals surface area contributed by atoms with Crippen LogP contribution in [0.3, 0.4) is 0 Å². The van der Waals surface area contributed by atoms with E-state index >= 15 is 0 Å². The van der Waals surface area contributed by atoms with Crippen LogP contribution in [-0.2, 0) is 9.53 Å². The molecule has 1 aliphatic heterocycles. The van der Waals surface area contributed by atoms with Gasteiger partial charge < -0.3 is 9.84 Å². The predicted octanol–water partition coefficient (Wildman–Crippen LogP) is 1.38. The Morgan fingerprint density at radius 3 is 2.38 bits per heavy atom. The lowest BCUT2D eigenvalue weighted by atomic mass is 9.70. The van der Waals surface area contributed by atoms with Gasteiger partial charge in [0.15, 0.2) is 0 Å². The third kappa shape index (κ3) is 1.17. The van der Waals surface area contributed by atoms with Crippen molar-refractivity contribution in [2.75, 3.05) is 13.2 Å². The number of aliphatic carboxylic acids is 1. The molecule has 3 heteroatoms. The van der Waals surface area contributed by atoms with Gasteiger partial charge in [0.1, 0.15) is 0 Å². The summed E-state index contributed by atoms with van der Waals surface area (Å²) in [6, 6.07) is 0. The zero-order valence-corrected chi connectivity index (χ0v) is 8.12. The summed E-state index contributed by atoms with van der Waals surface area (Å²) in [6.45, 7) is 5.86. The van der Waals surface area contributed by atoms with Crippen molar-refractivity contribution in [1.82, 2.24) is 0 Å². The molecular weight excluding hydrogens is 168 g/mol. The summed E-state index contributed by atoms with van der Waals surface area (Å²) in [6.07, 6.45) is 0.858. The molecule has 2 aliphatic rings. The Bertz CT molecular complexity index is 230. The number of carboxylic acids is 1. The van der Waals surface area contributed by atoms with Crippen LogP contribution in [0.25, 0.3) is 0 Å². The van der Waals surface area contributed by atoms with Crippen molar-refractivity contribution in [2.45, 2.75) is 20.3 Å². The molecule has 0 aromatic rings. The molecule has 2 rings (SSSR count). The number of carbonyl (C=O) groups is 1. The van der Waals surface area contributed by atoms with E-state index in [1.165, 1.54) is 0 Å². The number of hydrogen-bond donors (Lipinski definition) is 1. The number of rotatable bonds is 3. The summed E-state index contributed by atoms with van der Waals surface area (Å²) >= 11 is 0. The topological polar surface area (TPSA) is 46.5 Å². The Labute approximate surface area is 78.1 Å². The van der Waals surface area contributed by atoms with Crippen molar-refractivity contribution in [3.05, 3.63) is 0 Å². The molecule has 2 unspecified atom stereocenters. The molecule has 0 radical (unpaired) electrons. The van der Waals surface area contributed by atoms with Crippen molar-refractivity contribution >= 4 is 5.97 Å². The van der Waals surface area contributed by atoms with Gasteiger partial charge in [0.25, 0.3) is 0 Å². The molecule has 2 atom stereocenters. The molecule has 3 nitrogen and oxygen atoms in total. The second kappa shape index (κ2) is 2.71. The van der Waals surface area contributed by atoms with E-state index in [4.69, 9.17) is 9.84 Å². The summed E-state index contributed by atoms with van der Waals surface area (Å²) < 4.78 is 5.24. The average molecular weight is 184 g/mol. The molecular formula is C10H16O3. The Kier molecular flexibility index (Phi) is 1.88. The third-order valence-corrected chi connectivity index (χ3v) is 3.74. The highest BCUT2D eigenvalue weighted by molar-refractivity contribution is 5.73. The Morgan fingerprint density at radius 2 is 2.15 bits per heavy atom. The van der Waals surface area contributed by atoms with Crippen LogP contribution in [0.5, 0.6) is 0 Å². The third-order valence-electron chi connectivity index (χ3n) is 3.74. The lowest BCUT2D eigenvalue weighted by Crippen LogP contribution is -2.49. The maximum Gasteiger partial charge on any atom is 0.306 e. The Hall–Kier alpha value is -0.570. The molecule has 74 valence electrons. The minimum absolute atomic E-state index is 0.0914. The molecule has 1 aliphatic carbocycles. The lowest BCUT2D eigenvalue weighted by molar-refractivity contribution is -0.160.